The van der Waals surface area contributed by atoms with Gasteiger partial charge in [0.2, 0.25) is 25.4 Å². The van der Waals surface area contributed by atoms with Gasteiger partial charge < -0.3 is 28.7 Å². The molecule has 0 aromatic heterocycles. The maximum atomic E-state index is 14.6. The summed E-state index contributed by atoms with van der Waals surface area (Å²) < 4.78 is 22.5. The van der Waals surface area contributed by atoms with E-state index in [0.29, 0.717) is 5.75 Å². The van der Waals surface area contributed by atoms with Crippen molar-refractivity contribution in [2.75, 3.05) is 39.8 Å². The maximum Gasteiger partial charge on any atom is 0.231 e. The van der Waals surface area contributed by atoms with Crippen molar-refractivity contribution >= 4 is 11.8 Å². The second-order valence-corrected chi connectivity index (χ2v) is 12.2. The number of nitrogens with zero attached hydrogens (tertiary/aromatic N) is 2. The summed E-state index contributed by atoms with van der Waals surface area (Å²) in [5.41, 5.74) is 2.16. The summed E-state index contributed by atoms with van der Waals surface area (Å²) in [6.07, 6.45) is 12.2. The van der Waals surface area contributed by atoms with Crippen molar-refractivity contribution in [2.24, 2.45) is 17.8 Å². The van der Waals surface area contributed by atoms with Crippen LogP contribution in [0.2, 0.25) is 0 Å². The number of piperidine rings is 2. The number of benzene rings is 2. The third-order valence-electron chi connectivity index (χ3n) is 9.73. The Morgan fingerprint density at radius 2 is 1.26 bits per heavy atom. The van der Waals surface area contributed by atoms with E-state index in [1.165, 1.54) is 6.42 Å². The van der Waals surface area contributed by atoms with Crippen molar-refractivity contribution in [1.29, 1.82) is 0 Å². The predicted molar refractivity (Wildman–Crippen MR) is 157 cm³/mol. The SMILES string of the molecule is O=C([C@@H]1[C@H](CCc2ccc3c(c2)OCO3)[C@@H](C(=O)N2CCCCC2)C=C[C@@H]1c1ccc2c(c1)OCO2)N1CCCCC1. The molecule has 42 heavy (non-hydrogen) atoms. The molecule has 0 N–H and O–H groups in total. The lowest BCUT2D eigenvalue weighted by molar-refractivity contribution is -0.143. The Balaban J connectivity index is 1.25. The third kappa shape index (κ3) is 5.32. The van der Waals surface area contributed by atoms with Gasteiger partial charge in [-0.2, -0.15) is 0 Å². The fraction of sp³-hybridized carbons (Fsp3) is 0.529. The smallest absolute Gasteiger partial charge is 0.231 e. The molecule has 4 aliphatic heterocycles. The molecule has 1 aliphatic carbocycles. The van der Waals surface area contributed by atoms with Gasteiger partial charge in [-0.15, -0.1) is 0 Å². The summed E-state index contributed by atoms with van der Waals surface area (Å²) in [5, 5.41) is 0. The van der Waals surface area contributed by atoms with Crippen LogP contribution in [-0.2, 0) is 16.0 Å². The summed E-state index contributed by atoms with van der Waals surface area (Å²) >= 11 is 0. The molecule has 2 aromatic carbocycles. The van der Waals surface area contributed by atoms with Crippen molar-refractivity contribution in [3.05, 3.63) is 59.7 Å². The number of fused-ring (bicyclic) bond motifs is 2. The van der Waals surface area contributed by atoms with E-state index in [2.05, 4.69) is 29.2 Å². The molecule has 2 amide bonds. The van der Waals surface area contributed by atoms with Crippen LogP contribution in [0.1, 0.15) is 62.0 Å². The molecule has 2 fully saturated rings. The number of rotatable bonds is 6. The van der Waals surface area contributed by atoms with Crippen LogP contribution < -0.4 is 18.9 Å². The first kappa shape index (κ1) is 27.2. The zero-order valence-corrected chi connectivity index (χ0v) is 24.2. The van der Waals surface area contributed by atoms with Crippen LogP contribution in [0, 0.1) is 17.8 Å². The first-order valence-corrected chi connectivity index (χ1v) is 15.7. The molecule has 2 saturated heterocycles. The number of allylic oxidation sites excluding steroid dienone is 1. The molecular weight excluding hydrogens is 532 g/mol. The number of hydrogen-bond acceptors (Lipinski definition) is 6. The van der Waals surface area contributed by atoms with E-state index in [-0.39, 0.29) is 49.1 Å². The van der Waals surface area contributed by atoms with Gasteiger partial charge in [0.25, 0.3) is 0 Å². The number of ether oxygens (including phenoxy) is 4. The van der Waals surface area contributed by atoms with Gasteiger partial charge in [-0.3, -0.25) is 9.59 Å². The second kappa shape index (κ2) is 11.9. The predicted octanol–water partition coefficient (Wildman–Crippen LogP) is 5.30. The van der Waals surface area contributed by atoms with Gasteiger partial charge in [-0.1, -0.05) is 24.3 Å². The number of carbonyl (C=O) groups is 2. The Labute approximate surface area is 247 Å². The van der Waals surface area contributed by atoms with Gasteiger partial charge in [0.15, 0.2) is 23.0 Å². The van der Waals surface area contributed by atoms with Crippen molar-refractivity contribution in [2.45, 2.75) is 57.3 Å². The highest BCUT2D eigenvalue weighted by Gasteiger charge is 2.46. The van der Waals surface area contributed by atoms with Gasteiger partial charge >= 0.3 is 0 Å². The van der Waals surface area contributed by atoms with Gasteiger partial charge in [-0.05, 0) is 92.7 Å². The monoisotopic (exact) mass is 572 g/mol. The highest BCUT2D eigenvalue weighted by atomic mass is 16.7. The minimum atomic E-state index is -0.346. The molecule has 0 unspecified atom stereocenters. The van der Waals surface area contributed by atoms with Gasteiger partial charge in [-0.25, -0.2) is 0 Å². The summed E-state index contributed by atoms with van der Waals surface area (Å²) in [7, 11) is 0. The lowest BCUT2D eigenvalue weighted by Crippen LogP contribution is -2.50. The van der Waals surface area contributed by atoms with Gasteiger partial charge in [0, 0.05) is 32.1 Å². The average Bonchev–Trinajstić information content (AvgIpc) is 3.72. The molecule has 0 spiro atoms. The zero-order valence-electron chi connectivity index (χ0n) is 24.2. The van der Waals surface area contributed by atoms with Crippen molar-refractivity contribution < 1.29 is 28.5 Å². The largest absolute Gasteiger partial charge is 0.454 e. The number of likely N-dealkylation sites (tertiary alicyclic amines) is 2. The van der Waals surface area contributed by atoms with E-state index >= 15 is 0 Å². The first-order chi connectivity index (χ1) is 20.7. The van der Waals surface area contributed by atoms with Crippen molar-refractivity contribution in [1.82, 2.24) is 9.80 Å². The van der Waals surface area contributed by atoms with E-state index in [4.69, 9.17) is 18.9 Å². The van der Waals surface area contributed by atoms with E-state index in [1.54, 1.807) is 0 Å². The van der Waals surface area contributed by atoms with Crippen molar-refractivity contribution in [3.63, 3.8) is 0 Å². The fourth-order valence-electron chi connectivity index (χ4n) is 7.47. The van der Waals surface area contributed by atoms with Crippen LogP contribution in [-0.4, -0.2) is 61.4 Å². The molecule has 7 rings (SSSR count). The van der Waals surface area contributed by atoms with Crippen LogP contribution in [0.4, 0.5) is 0 Å². The molecule has 2 aromatic rings. The molecule has 0 bridgehead atoms. The fourth-order valence-corrected chi connectivity index (χ4v) is 7.47. The molecule has 5 aliphatic rings. The maximum absolute atomic E-state index is 14.6. The Morgan fingerprint density at radius 3 is 1.95 bits per heavy atom. The van der Waals surface area contributed by atoms with Crippen LogP contribution in [0.25, 0.3) is 0 Å². The minimum absolute atomic E-state index is 0.139. The molecule has 4 atom stereocenters. The summed E-state index contributed by atoms with van der Waals surface area (Å²) in [6, 6.07) is 12.1. The van der Waals surface area contributed by atoms with Crippen LogP contribution in [0.3, 0.4) is 0 Å². The normalized spacial score (nSPS) is 26.4. The number of carbonyl (C=O) groups excluding carboxylic acids is 2. The molecule has 0 radical (unpaired) electrons. The number of aryl methyl sites for hydroxylation is 1. The highest BCUT2D eigenvalue weighted by Crippen LogP contribution is 2.46. The molecule has 8 heteroatoms. The lowest BCUT2D eigenvalue weighted by atomic mass is 9.65. The van der Waals surface area contributed by atoms with Crippen LogP contribution >= 0.6 is 0 Å². The Kier molecular flexibility index (Phi) is 7.70. The number of amides is 2. The van der Waals surface area contributed by atoms with E-state index in [1.807, 2.05) is 29.2 Å². The third-order valence-corrected chi connectivity index (χ3v) is 9.73. The molecule has 4 heterocycles. The average molecular weight is 573 g/mol. The van der Waals surface area contributed by atoms with Crippen LogP contribution in [0.15, 0.2) is 48.6 Å². The van der Waals surface area contributed by atoms with E-state index in [9.17, 15) is 9.59 Å². The zero-order chi connectivity index (χ0) is 28.5. The van der Waals surface area contributed by atoms with E-state index in [0.717, 1.165) is 99.5 Å². The standard InChI is InChI=1S/C34H40N2O6/c37-33(35-15-3-1-4-16-35)27-12-11-25(24-9-14-29-31(20-24)42-22-40-29)32(34(38)36-17-5-2-6-18-36)26(27)10-7-23-8-13-28-30(19-23)41-21-39-28/h8-9,11-14,19-20,25-27,32H,1-7,10,15-18,21-22H2/t25-,26-,27+,32+/m1/s1. The van der Waals surface area contributed by atoms with Crippen LogP contribution in [0.5, 0.6) is 23.0 Å². The highest BCUT2D eigenvalue weighted by molar-refractivity contribution is 5.86. The number of hydrogen-bond donors (Lipinski definition) is 0. The Morgan fingerprint density at radius 1 is 0.667 bits per heavy atom. The Hall–Kier alpha value is -3.68. The summed E-state index contributed by atoms with van der Waals surface area (Å²) in [6.45, 7) is 3.62. The minimum Gasteiger partial charge on any atom is -0.454 e. The second-order valence-electron chi connectivity index (χ2n) is 12.2. The molecule has 222 valence electrons. The van der Waals surface area contributed by atoms with E-state index < -0.39 is 0 Å². The lowest BCUT2D eigenvalue weighted by Gasteiger charge is -2.43. The topological polar surface area (TPSA) is 77.5 Å². The van der Waals surface area contributed by atoms with Gasteiger partial charge in [0.1, 0.15) is 0 Å². The quantitative estimate of drug-likeness (QED) is 0.437. The molecular formula is C34H40N2O6. The first-order valence-electron chi connectivity index (χ1n) is 15.7. The summed E-state index contributed by atoms with van der Waals surface area (Å²) in [5.74, 6) is 2.34. The van der Waals surface area contributed by atoms with Crippen molar-refractivity contribution in [3.8, 4) is 23.0 Å². The Bertz CT molecular complexity index is 1350. The van der Waals surface area contributed by atoms with Gasteiger partial charge in [0.05, 0.1) is 11.8 Å². The molecule has 8 nitrogen and oxygen atoms in total. The molecule has 0 saturated carbocycles. The summed E-state index contributed by atoms with van der Waals surface area (Å²) in [4.78, 5) is 32.8.